The summed E-state index contributed by atoms with van der Waals surface area (Å²) in [7, 11) is 0. The Morgan fingerprint density at radius 1 is 1.10 bits per heavy atom. The van der Waals surface area contributed by atoms with Crippen LogP contribution in [-0.2, 0) is 11.2 Å². The first-order valence-electron chi connectivity index (χ1n) is 6.24. The maximum atomic E-state index is 11.9. The van der Waals surface area contributed by atoms with E-state index in [1.54, 1.807) is 12.1 Å². The zero-order valence-electron chi connectivity index (χ0n) is 10.9. The molecule has 0 atom stereocenters. The molecule has 0 bridgehead atoms. The number of terminal acetylenes is 1. The summed E-state index contributed by atoms with van der Waals surface area (Å²) >= 11 is 5.80. The first kappa shape index (κ1) is 14.2. The van der Waals surface area contributed by atoms with Crippen molar-refractivity contribution in [2.45, 2.75) is 6.42 Å². The Bertz CT molecular complexity index is 624. The number of halogens is 1. The molecule has 3 heteroatoms. The molecular formula is C17H14ClNO. The molecule has 0 saturated carbocycles. The number of Topliss-reactive ketones (excluding diaryl/α,β-unsaturated/α-hetero) is 1. The van der Waals surface area contributed by atoms with Gasteiger partial charge in [-0.25, -0.2) is 0 Å². The van der Waals surface area contributed by atoms with Gasteiger partial charge in [0.1, 0.15) is 0 Å². The number of carbonyl (C=O) groups excluding carboxylic acids is 1. The number of nitrogens with one attached hydrogen (secondary N) is 1. The molecular weight excluding hydrogens is 270 g/mol. The lowest BCUT2D eigenvalue weighted by molar-refractivity contribution is -0.116. The van der Waals surface area contributed by atoms with Gasteiger partial charge in [-0.2, -0.15) is 0 Å². The van der Waals surface area contributed by atoms with Crippen LogP contribution < -0.4 is 5.32 Å². The Morgan fingerprint density at radius 2 is 1.75 bits per heavy atom. The van der Waals surface area contributed by atoms with Gasteiger partial charge in [0.05, 0.1) is 6.54 Å². The first-order chi connectivity index (χ1) is 9.67. The first-order valence-corrected chi connectivity index (χ1v) is 6.62. The molecule has 2 nitrogen and oxygen atoms in total. The van der Waals surface area contributed by atoms with Crippen LogP contribution in [0.5, 0.6) is 0 Å². The van der Waals surface area contributed by atoms with Crippen molar-refractivity contribution in [1.29, 1.82) is 0 Å². The molecule has 0 aliphatic heterocycles. The van der Waals surface area contributed by atoms with Crippen molar-refractivity contribution in [3.8, 4) is 12.3 Å². The lowest BCUT2D eigenvalue weighted by Gasteiger charge is -2.06. The van der Waals surface area contributed by atoms with Gasteiger partial charge in [-0.3, -0.25) is 4.79 Å². The molecule has 0 unspecified atom stereocenters. The van der Waals surface area contributed by atoms with Gasteiger partial charge in [0, 0.05) is 22.7 Å². The zero-order chi connectivity index (χ0) is 14.4. The monoisotopic (exact) mass is 283 g/mol. The fourth-order valence-electron chi connectivity index (χ4n) is 1.78. The summed E-state index contributed by atoms with van der Waals surface area (Å²) in [5.41, 5.74) is 2.66. The number of hydrogen-bond donors (Lipinski definition) is 1. The summed E-state index contributed by atoms with van der Waals surface area (Å²) in [6.07, 6.45) is 5.68. The van der Waals surface area contributed by atoms with Crippen LogP contribution in [0.3, 0.4) is 0 Å². The van der Waals surface area contributed by atoms with Crippen molar-refractivity contribution in [2.24, 2.45) is 0 Å². The van der Waals surface area contributed by atoms with Crippen molar-refractivity contribution in [2.75, 3.05) is 11.9 Å². The quantitative estimate of drug-likeness (QED) is 0.851. The van der Waals surface area contributed by atoms with Gasteiger partial charge in [-0.1, -0.05) is 29.7 Å². The Hall–Kier alpha value is -2.24. The minimum atomic E-state index is 0.119. The van der Waals surface area contributed by atoms with E-state index in [4.69, 9.17) is 18.0 Å². The Balaban J connectivity index is 1.86. The molecule has 0 amide bonds. The smallest absolute Gasteiger partial charge is 0.156 e. The van der Waals surface area contributed by atoms with Gasteiger partial charge >= 0.3 is 0 Å². The second-order valence-corrected chi connectivity index (χ2v) is 4.85. The van der Waals surface area contributed by atoms with E-state index >= 15 is 0 Å². The summed E-state index contributed by atoms with van der Waals surface area (Å²) < 4.78 is 0. The lowest BCUT2D eigenvalue weighted by atomic mass is 10.1. The summed E-state index contributed by atoms with van der Waals surface area (Å²) in [6.45, 7) is 0.290. The van der Waals surface area contributed by atoms with Crippen LogP contribution in [0, 0.1) is 12.3 Å². The van der Waals surface area contributed by atoms with Crippen LogP contribution in [0.2, 0.25) is 5.02 Å². The molecule has 1 N–H and O–H groups in total. The minimum Gasteiger partial charge on any atom is -0.378 e. The fourth-order valence-corrected chi connectivity index (χ4v) is 1.90. The van der Waals surface area contributed by atoms with Gasteiger partial charge in [-0.15, -0.1) is 6.42 Å². The van der Waals surface area contributed by atoms with Gasteiger partial charge in [0.15, 0.2) is 5.78 Å². The predicted octanol–water partition coefficient (Wildman–Crippen LogP) is 3.55. The maximum absolute atomic E-state index is 11.9. The molecule has 20 heavy (non-hydrogen) atoms. The van der Waals surface area contributed by atoms with Crippen molar-refractivity contribution in [1.82, 2.24) is 0 Å². The molecule has 100 valence electrons. The normalized spacial score (nSPS) is 9.80. The van der Waals surface area contributed by atoms with Crippen molar-refractivity contribution >= 4 is 23.1 Å². The molecule has 0 aromatic heterocycles. The van der Waals surface area contributed by atoms with Gasteiger partial charge in [0.25, 0.3) is 0 Å². The highest BCUT2D eigenvalue weighted by Crippen LogP contribution is 2.13. The van der Waals surface area contributed by atoms with Gasteiger partial charge in [0.2, 0.25) is 0 Å². The number of anilines is 1. The van der Waals surface area contributed by atoms with Crippen molar-refractivity contribution in [3.63, 3.8) is 0 Å². The summed E-state index contributed by atoms with van der Waals surface area (Å²) in [5.74, 6) is 2.67. The second kappa shape index (κ2) is 6.79. The number of hydrogen-bond acceptors (Lipinski definition) is 2. The highest BCUT2D eigenvalue weighted by atomic mass is 35.5. The largest absolute Gasteiger partial charge is 0.378 e. The van der Waals surface area contributed by atoms with Crippen LogP contribution in [0.4, 0.5) is 5.69 Å². The number of ketones is 1. The SMILES string of the molecule is C#Cc1ccc(CC(=O)CNc2ccc(Cl)cc2)cc1. The molecule has 0 radical (unpaired) electrons. The van der Waals surface area contributed by atoms with Crippen LogP contribution in [0.1, 0.15) is 11.1 Å². The zero-order valence-corrected chi connectivity index (χ0v) is 11.7. The van der Waals surface area contributed by atoms with E-state index in [2.05, 4.69) is 11.2 Å². The number of benzene rings is 2. The van der Waals surface area contributed by atoms with Crippen LogP contribution >= 0.6 is 11.6 Å². The van der Waals surface area contributed by atoms with Crippen LogP contribution in [0.15, 0.2) is 48.5 Å². The van der Waals surface area contributed by atoms with Crippen molar-refractivity contribution < 1.29 is 4.79 Å². The molecule has 2 rings (SSSR count). The van der Waals surface area contributed by atoms with E-state index in [0.29, 0.717) is 18.0 Å². The molecule has 0 heterocycles. The summed E-state index contributed by atoms with van der Waals surface area (Å²) in [6, 6.07) is 14.7. The molecule has 0 aliphatic carbocycles. The van der Waals surface area contributed by atoms with E-state index in [1.165, 1.54) is 0 Å². The number of rotatable bonds is 5. The van der Waals surface area contributed by atoms with Crippen LogP contribution in [0.25, 0.3) is 0 Å². The molecule has 0 fully saturated rings. The third-order valence-corrected chi connectivity index (χ3v) is 3.11. The van der Waals surface area contributed by atoms with Gasteiger partial charge < -0.3 is 5.32 Å². The minimum absolute atomic E-state index is 0.119. The maximum Gasteiger partial charge on any atom is 0.156 e. The number of carbonyl (C=O) groups is 1. The summed E-state index contributed by atoms with van der Waals surface area (Å²) in [4.78, 5) is 11.9. The Morgan fingerprint density at radius 3 is 2.35 bits per heavy atom. The lowest BCUT2D eigenvalue weighted by Crippen LogP contribution is -2.15. The second-order valence-electron chi connectivity index (χ2n) is 4.42. The fraction of sp³-hybridized carbons (Fsp3) is 0.118. The average molecular weight is 284 g/mol. The highest BCUT2D eigenvalue weighted by Gasteiger charge is 2.04. The highest BCUT2D eigenvalue weighted by molar-refractivity contribution is 6.30. The van der Waals surface area contributed by atoms with E-state index in [0.717, 1.165) is 16.8 Å². The van der Waals surface area contributed by atoms with E-state index in [-0.39, 0.29) is 5.78 Å². The molecule has 0 saturated heterocycles. The third kappa shape index (κ3) is 4.15. The Labute approximate surface area is 123 Å². The molecule has 0 spiro atoms. The Kier molecular flexibility index (Phi) is 4.81. The van der Waals surface area contributed by atoms with Crippen LogP contribution in [-0.4, -0.2) is 12.3 Å². The van der Waals surface area contributed by atoms with E-state index < -0.39 is 0 Å². The predicted molar refractivity (Wildman–Crippen MR) is 83.0 cm³/mol. The topological polar surface area (TPSA) is 29.1 Å². The van der Waals surface area contributed by atoms with Gasteiger partial charge in [-0.05, 0) is 42.0 Å². The molecule has 2 aromatic rings. The van der Waals surface area contributed by atoms with E-state index in [9.17, 15) is 4.79 Å². The third-order valence-electron chi connectivity index (χ3n) is 2.86. The summed E-state index contributed by atoms with van der Waals surface area (Å²) in [5, 5.41) is 3.75. The van der Waals surface area contributed by atoms with Crippen molar-refractivity contribution in [3.05, 3.63) is 64.7 Å². The standard InChI is InChI=1S/C17H14ClNO/c1-2-13-3-5-14(6-4-13)11-17(20)12-19-16-9-7-15(18)8-10-16/h1,3-10,19H,11-12H2. The molecule has 2 aromatic carbocycles. The average Bonchev–Trinajstić information content (AvgIpc) is 2.47. The molecule has 0 aliphatic rings. The van der Waals surface area contributed by atoms with E-state index in [1.807, 2.05) is 36.4 Å².